The Morgan fingerprint density at radius 1 is 0.646 bits per heavy atom. The van der Waals surface area contributed by atoms with Gasteiger partial charge in [-0.2, -0.15) is 0 Å². The number of halogens is 2. The highest BCUT2D eigenvalue weighted by molar-refractivity contribution is 9.11. The van der Waals surface area contributed by atoms with E-state index in [-0.39, 0.29) is 20.2 Å². The molecular formula is C30H26Br2N4O8S4. The maximum absolute atomic E-state index is 12.5. The molecule has 0 bridgehead atoms. The van der Waals surface area contributed by atoms with Crippen LogP contribution < -0.4 is 18.9 Å². The van der Waals surface area contributed by atoms with Gasteiger partial charge >= 0.3 is 0 Å². The fourth-order valence-electron chi connectivity index (χ4n) is 3.98. The second-order valence-electron chi connectivity index (χ2n) is 9.73. The van der Waals surface area contributed by atoms with Crippen LogP contribution in [-0.4, -0.2) is 41.4 Å². The molecule has 0 fully saturated rings. The van der Waals surface area contributed by atoms with Gasteiger partial charge in [-0.1, -0.05) is 34.6 Å². The lowest BCUT2D eigenvalue weighted by molar-refractivity contribution is 0.415. The van der Waals surface area contributed by atoms with Crippen molar-refractivity contribution < 1.29 is 35.4 Å². The number of ether oxygens (including phenoxy) is 2. The maximum Gasteiger partial charge on any atom is 0.273 e. The molecule has 48 heavy (non-hydrogen) atoms. The second kappa shape index (κ2) is 14.8. The number of aromatic nitrogens is 2. The van der Waals surface area contributed by atoms with Gasteiger partial charge in [0.25, 0.3) is 31.8 Å². The number of nitrogens with one attached hydrogen (secondary N) is 2. The number of rotatable bonds is 10. The van der Waals surface area contributed by atoms with Crippen LogP contribution in [0.5, 0.6) is 11.5 Å². The first-order chi connectivity index (χ1) is 22.8. The van der Waals surface area contributed by atoms with Crippen LogP contribution in [0.4, 0.5) is 11.8 Å². The predicted molar refractivity (Wildman–Crippen MR) is 192 cm³/mol. The quantitative estimate of drug-likeness (QED) is 0.137. The molecule has 0 spiro atoms. The predicted octanol–water partition coefficient (Wildman–Crippen LogP) is 8.57. The number of aryl methyl sites for hydroxylation is 2. The molecule has 2 aromatic carbocycles. The Morgan fingerprint density at radius 3 is 1.38 bits per heavy atom. The SMILES string of the molecule is COc1cccc(-c2ccc(S(=O)(=O)Nc3onc(C)c3Br)s2)c1.COc1cccc(-c2ccc(S(=O)(=O)Nc3onc(C)c3Br)s2)c1. The van der Waals surface area contributed by atoms with Crippen molar-refractivity contribution in [2.24, 2.45) is 0 Å². The number of nitrogens with zero attached hydrogens (tertiary/aromatic N) is 2. The van der Waals surface area contributed by atoms with Crippen molar-refractivity contribution in [1.82, 2.24) is 10.3 Å². The summed E-state index contributed by atoms with van der Waals surface area (Å²) >= 11 is 8.80. The molecule has 0 aliphatic heterocycles. The minimum absolute atomic E-state index is 0.0591. The van der Waals surface area contributed by atoms with Crippen LogP contribution in [0.15, 0.2) is 99.2 Å². The van der Waals surface area contributed by atoms with Crippen LogP contribution in [0.3, 0.4) is 0 Å². The van der Waals surface area contributed by atoms with Gasteiger partial charge in [-0.15, -0.1) is 22.7 Å². The van der Waals surface area contributed by atoms with Gasteiger partial charge in [0.05, 0.1) is 25.6 Å². The molecule has 18 heteroatoms. The molecule has 0 amide bonds. The van der Waals surface area contributed by atoms with Crippen molar-refractivity contribution >= 4 is 86.3 Å². The van der Waals surface area contributed by atoms with E-state index >= 15 is 0 Å². The second-order valence-corrected chi connectivity index (χ2v) is 17.3. The van der Waals surface area contributed by atoms with Crippen molar-refractivity contribution in [2.75, 3.05) is 23.7 Å². The number of thiophene rings is 2. The van der Waals surface area contributed by atoms with Gasteiger partial charge in [-0.05, 0) is 105 Å². The van der Waals surface area contributed by atoms with E-state index in [0.717, 1.165) is 43.6 Å². The summed E-state index contributed by atoms with van der Waals surface area (Å²) in [5.74, 6) is 1.54. The molecule has 4 heterocycles. The van der Waals surface area contributed by atoms with Crippen LogP contribution in [-0.2, 0) is 20.0 Å². The molecule has 2 N–H and O–H groups in total. The summed E-state index contributed by atoms with van der Waals surface area (Å²) in [6, 6.07) is 21.5. The largest absolute Gasteiger partial charge is 0.497 e. The van der Waals surface area contributed by atoms with E-state index in [1.165, 1.54) is 0 Å². The van der Waals surface area contributed by atoms with E-state index in [1.54, 1.807) is 52.3 Å². The van der Waals surface area contributed by atoms with Crippen LogP contribution in [0, 0.1) is 13.8 Å². The monoisotopic (exact) mass is 856 g/mol. The number of sulfonamides is 2. The Kier molecular flexibility index (Phi) is 11.0. The summed E-state index contributed by atoms with van der Waals surface area (Å²) in [5.41, 5.74) is 2.90. The first-order valence-corrected chi connectivity index (χ1v) is 19.8. The Balaban J connectivity index is 0.000000188. The van der Waals surface area contributed by atoms with Gasteiger partial charge in [0, 0.05) is 9.75 Å². The van der Waals surface area contributed by atoms with Gasteiger partial charge in [-0.25, -0.2) is 26.3 Å². The average molecular weight is 859 g/mol. The highest BCUT2D eigenvalue weighted by Crippen LogP contribution is 2.36. The van der Waals surface area contributed by atoms with E-state index < -0.39 is 20.0 Å². The number of methoxy groups -OCH3 is 2. The molecule has 6 aromatic rings. The molecule has 0 atom stereocenters. The zero-order valence-electron chi connectivity index (χ0n) is 25.5. The third-order valence-electron chi connectivity index (χ3n) is 6.44. The van der Waals surface area contributed by atoms with Crippen molar-refractivity contribution in [3.05, 3.63) is 93.1 Å². The highest BCUT2D eigenvalue weighted by atomic mass is 79.9. The van der Waals surface area contributed by atoms with Crippen molar-refractivity contribution in [2.45, 2.75) is 22.3 Å². The highest BCUT2D eigenvalue weighted by Gasteiger charge is 2.23. The summed E-state index contributed by atoms with van der Waals surface area (Å²) in [5, 5.41) is 7.41. The third kappa shape index (κ3) is 8.12. The molecule has 0 aliphatic rings. The zero-order valence-corrected chi connectivity index (χ0v) is 31.9. The summed E-state index contributed by atoms with van der Waals surface area (Å²) in [6.45, 7) is 3.41. The molecule has 0 radical (unpaired) electrons. The van der Waals surface area contributed by atoms with Crippen molar-refractivity contribution in [3.63, 3.8) is 0 Å². The van der Waals surface area contributed by atoms with E-state index in [2.05, 4.69) is 51.6 Å². The van der Waals surface area contributed by atoms with Gasteiger partial charge in [0.1, 0.15) is 28.9 Å². The number of benzene rings is 2. The van der Waals surface area contributed by atoms with E-state index in [0.29, 0.717) is 31.8 Å². The van der Waals surface area contributed by atoms with Crippen molar-refractivity contribution in [3.8, 4) is 32.4 Å². The summed E-state index contributed by atoms with van der Waals surface area (Å²) in [7, 11) is -4.33. The number of hydrogen-bond donors (Lipinski definition) is 2. The Morgan fingerprint density at radius 2 is 1.04 bits per heavy atom. The summed E-state index contributed by atoms with van der Waals surface area (Å²) in [4.78, 5) is 1.64. The maximum atomic E-state index is 12.5. The number of hydrogen-bond acceptors (Lipinski definition) is 12. The molecule has 4 aromatic heterocycles. The average Bonchev–Trinajstić information content (AvgIpc) is 3.89. The number of anilines is 2. The van der Waals surface area contributed by atoms with Gasteiger partial charge in [0.2, 0.25) is 0 Å². The molecule has 12 nitrogen and oxygen atoms in total. The zero-order chi connectivity index (χ0) is 34.6. The lowest BCUT2D eigenvalue weighted by atomic mass is 10.2. The molecule has 6 rings (SSSR count). The molecule has 252 valence electrons. The molecule has 0 aliphatic carbocycles. The van der Waals surface area contributed by atoms with Crippen LogP contribution in [0.1, 0.15) is 11.4 Å². The van der Waals surface area contributed by atoms with E-state index in [9.17, 15) is 16.8 Å². The molecular weight excluding hydrogens is 832 g/mol. The standard InChI is InChI=1S/2C15H13BrN2O4S2/c2*1-9-14(16)15(22-17-9)18-24(19,20)13-7-6-12(23-13)10-4-3-5-11(8-10)21-2/h2*3-8,18H,1-2H3. The first kappa shape index (κ1) is 35.6. The van der Waals surface area contributed by atoms with Gasteiger partial charge < -0.3 is 18.5 Å². The van der Waals surface area contributed by atoms with E-state index in [1.807, 2.05) is 48.5 Å². The van der Waals surface area contributed by atoms with Gasteiger partial charge in [0.15, 0.2) is 0 Å². The fourth-order valence-corrected chi connectivity index (χ4v) is 9.33. The summed E-state index contributed by atoms with van der Waals surface area (Å²) in [6.07, 6.45) is 0. The lowest BCUT2D eigenvalue weighted by Gasteiger charge is -2.03. The summed E-state index contributed by atoms with van der Waals surface area (Å²) < 4.78 is 76.4. The fraction of sp³-hybridized carbons (Fsp3) is 0.133. The van der Waals surface area contributed by atoms with E-state index in [4.69, 9.17) is 18.5 Å². The minimum Gasteiger partial charge on any atom is -0.497 e. The lowest BCUT2D eigenvalue weighted by Crippen LogP contribution is -2.11. The van der Waals surface area contributed by atoms with Gasteiger partial charge in [-0.3, -0.25) is 0 Å². The van der Waals surface area contributed by atoms with Crippen LogP contribution in [0.25, 0.3) is 20.9 Å². The Bertz CT molecular complexity index is 2120. The molecule has 0 unspecified atom stereocenters. The van der Waals surface area contributed by atoms with Crippen molar-refractivity contribution in [1.29, 1.82) is 0 Å². The van der Waals surface area contributed by atoms with Crippen LogP contribution in [0.2, 0.25) is 0 Å². The Labute approximate surface area is 301 Å². The molecule has 0 saturated carbocycles. The topological polar surface area (TPSA) is 163 Å². The third-order valence-corrected chi connectivity index (χ3v) is 14.2. The van der Waals surface area contributed by atoms with Crippen LogP contribution >= 0.6 is 54.5 Å². The smallest absolute Gasteiger partial charge is 0.273 e. The minimum atomic E-state index is -3.75. The Hall–Kier alpha value is -3.68. The first-order valence-electron chi connectivity index (χ1n) is 13.6. The normalized spacial score (nSPS) is 11.5. The molecule has 0 saturated heterocycles.